The number of carbonyl (C=O) groups excluding carboxylic acids is 1. The number of anilines is 2. The van der Waals surface area contributed by atoms with Crippen molar-refractivity contribution in [3.8, 4) is 11.3 Å². The van der Waals surface area contributed by atoms with Gasteiger partial charge in [-0.1, -0.05) is 0 Å². The SMILES string of the molecule is CCN(CC)c1ccc(NC(=O)c2csc3nc(-c4ccc(F)cc4)cn23)cc1. The molecule has 1 amide bonds. The molecule has 2 heterocycles. The van der Waals surface area contributed by atoms with Gasteiger partial charge in [0.2, 0.25) is 0 Å². The molecule has 7 heteroatoms. The van der Waals surface area contributed by atoms with E-state index in [0.717, 1.165) is 30.0 Å². The molecule has 0 aliphatic rings. The number of nitrogens with zero attached hydrogens (tertiary/aromatic N) is 3. The van der Waals surface area contributed by atoms with E-state index in [9.17, 15) is 9.18 Å². The number of fused-ring (bicyclic) bond motifs is 1. The smallest absolute Gasteiger partial charge is 0.273 e. The molecule has 148 valence electrons. The molecule has 2 aromatic carbocycles. The molecule has 2 aromatic heterocycles. The average molecular weight is 409 g/mol. The molecule has 0 radical (unpaired) electrons. The Morgan fingerprint density at radius 1 is 1.10 bits per heavy atom. The molecule has 0 saturated carbocycles. The standard InChI is InChI=1S/C22H21FN4OS/c1-3-26(4-2)18-11-9-17(10-12-18)24-21(28)20-14-29-22-25-19(13-27(20)22)15-5-7-16(23)8-6-15/h5-14H,3-4H2,1-2H3,(H,24,28). The lowest BCUT2D eigenvalue weighted by molar-refractivity contribution is 0.102. The summed E-state index contributed by atoms with van der Waals surface area (Å²) in [7, 11) is 0. The Kier molecular flexibility index (Phi) is 5.31. The maximum Gasteiger partial charge on any atom is 0.273 e. The number of rotatable bonds is 6. The van der Waals surface area contributed by atoms with Crippen molar-refractivity contribution in [3.05, 3.63) is 71.6 Å². The quantitative estimate of drug-likeness (QED) is 0.471. The summed E-state index contributed by atoms with van der Waals surface area (Å²) >= 11 is 1.39. The van der Waals surface area contributed by atoms with E-state index in [1.165, 1.54) is 23.5 Å². The van der Waals surface area contributed by atoms with Crippen LogP contribution in [0.5, 0.6) is 0 Å². The fourth-order valence-electron chi connectivity index (χ4n) is 3.25. The fourth-order valence-corrected chi connectivity index (χ4v) is 4.10. The highest BCUT2D eigenvalue weighted by atomic mass is 32.1. The largest absolute Gasteiger partial charge is 0.372 e. The lowest BCUT2D eigenvalue weighted by Gasteiger charge is -2.21. The molecular weight excluding hydrogens is 387 g/mol. The summed E-state index contributed by atoms with van der Waals surface area (Å²) in [5, 5.41) is 4.73. The lowest BCUT2D eigenvalue weighted by Crippen LogP contribution is -2.21. The summed E-state index contributed by atoms with van der Waals surface area (Å²) in [6.07, 6.45) is 1.80. The summed E-state index contributed by atoms with van der Waals surface area (Å²) in [6, 6.07) is 14.0. The topological polar surface area (TPSA) is 49.6 Å². The van der Waals surface area contributed by atoms with Gasteiger partial charge in [0.05, 0.1) is 5.69 Å². The monoisotopic (exact) mass is 408 g/mol. The van der Waals surface area contributed by atoms with Crippen molar-refractivity contribution in [2.45, 2.75) is 13.8 Å². The van der Waals surface area contributed by atoms with Crippen LogP contribution in [0.15, 0.2) is 60.1 Å². The van der Waals surface area contributed by atoms with Gasteiger partial charge in [0, 0.05) is 41.6 Å². The first-order valence-corrected chi connectivity index (χ1v) is 10.4. The Hall–Kier alpha value is -3.19. The van der Waals surface area contributed by atoms with E-state index < -0.39 is 0 Å². The van der Waals surface area contributed by atoms with Crippen LogP contribution in [0.2, 0.25) is 0 Å². The average Bonchev–Trinajstić information content (AvgIpc) is 3.31. The summed E-state index contributed by atoms with van der Waals surface area (Å²) in [6.45, 7) is 6.11. The van der Waals surface area contributed by atoms with Crippen molar-refractivity contribution in [2.75, 3.05) is 23.3 Å². The zero-order chi connectivity index (χ0) is 20.4. The Labute approximate surface area is 172 Å². The van der Waals surface area contributed by atoms with Gasteiger partial charge in [-0.3, -0.25) is 9.20 Å². The highest BCUT2D eigenvalue weighted by Gasteiger charge is 2.15. The van der Waals surface area contributed by atoms with Gasteiger partial charge in [-0.25, -0.2) is 9.37 Å². The number of thiazole rings is 1. The number of imidazole rings is 1. The highest BCUT2D eigenvalue weighted by molar-refractivity contribution is 7.15. The van der Waals surface area contributed by atoms with Crippen LogP contribution in [-0.4, -0.2) is 28.4 Å². The third kappa shape index (κ3) is 3.86. The maximum atomic E-state index is 13.2. The first-order valence-electron chi connectivity index (χ1n) is 9.48. The Balaban J connectivity index is 1.55. The molecule has 0 saturated heterocycles. The third-order valence-electron chi connectivity index (χ3n) is 4.84. The Bertz CT molecular complexity index is 1130. The molecule has 0 spiro atoms. The summed E-state index contributed by atoms with van der Waals surface area (Å²) in [5.41, 5.74) is 3.89. The van der Waals surface area contributed by atoms with Crippen molar-refractivity contribution in [2.24, 2.45) is 0 Å². The van der Waals surface area contributed by atoms with Crippen LogP contribution in [0, 0.1) is 5.82 Å². The molecular formula is C22H21FN4OS. The number of carbonyl (C=O) groups is 1. The zero-order valence-corrected chi connectivity index (χ0v) is 17.0. The Morgan fingerprint density at radius 3 is 2.45 bits per heavy atom. The lowest BCUT2D eigenvalue weighted by atomic mass is 10.2. The normalized spacial score (nSPS) is 11.0. The number of halogens is 1. The number of hydrogen-bond acceptors (Lipinski definition) is 4. The van der Waals surface area contributed by atoms with Gasteiger partial charge >= 0.3 is 0 Å². The first-order chi connectivity index (χ1) is 14.1. The molecule has 0 aliphatic heterocycles. The van der Waals surface area contributed by atoms with Gasteiger partial charge in [-0.05, 0) is 62.4 Å². The van der Waals surface area contributed by atoms with Crippen LogP contribution in [0.4, 0.5) is 15.8 Å². The van der Waals surface area contributed by atoms with Gasteiger partial charge in [0.15, 0.2) is 4.96 Å². The van der Waals surface area contributed by atoms with Crippen molar-refractivity contribution in [3.63, 3.8) is 0 Å². The second kappa shape index (κ2) is 8.05. The fraction of sp³-hybridized carbons (Fsp3) is 0.182. The van der Waals surface area contributed by atoms with E-state index in [0.29, 0.717) is 16.3 Å². The van der Waals surface area contributed by atoms with Gasteiger partial charge in [-0.15, -0.1) is 11.3 Å². The number of amides is 1. The van der Waals surface area contributed by atoms with Gasteiger partial charge in [0.1, 0.15) is 11.5 Å². The van der Waals surface area contributed by atoms with Crippen molar-refractivity contribution in [1.82, 2.24) is 9.38 Å². The molecule has 5 nitrogen and oxygen atoms in total. The van der Waals surface area contributed by atoms with Crippen LogP contribution >= 0.6 is 11.3 Å². The van der Waals surface area contributed by atoms with Crippen LogP contribution in [0.1, 0.15) is 24.3 Å². The molecule has 4 aromatic rings. The predicted molar refractivity (Wildman–Crippen MR) is 116 cm³/mol. The Morgan fingerprint density at radius 2 is 1.79 bits per heavy atom. The maximum absolute atomic E-state index is 13.2. The van der Waals surface area contributed by atoms with Crippen LogP contribution < -0.4 is 10.2 Å². The summed E-state index contributed by atoms with van der Waals surface area (Å²) in [4.78, 5) is 20.3. The van der Waals surface area contributed by atoms with Gasteiger partial charge < -0.3 is 10.2 Å². The van der Waals surface area contributed by atoms with Gasteiger partial charge in [0.25, 0.3) is 5.91 Å². The van der Waals surface area contributed by atoms with Crippen LogP contribution in [0.25, 0.3) is 16.2 Å². The first kappa shape index (κ1) is 19.1. The van der Waals surface area contributed by atoms with Crippen molar-refractivity contribution >= 4 is 33.6 Å². The van der Waals surface area contributed by atoms with Gasteiger partial charge in [-0.2, -0.15) is 0 Å². The van der Waals surface area contributed by atoms with E-state index in [1.807, 2.05) is 24.3 Å². The number of aromatic nitrogens is 2. The summed E-state index contributed by atoms with van der Waals surface area (Å²) < 4.78 is 14.9. The zero-order valence-electron chi connectivity index (χ0n) is 16.2. The highest BCUT2D eigenvalue weighted by Crippen LogP contribution is 2.25. The van der Waals surface area contributed by atoms with E-state index in [-0.39, 0.29) is 11.7 Å². The molecule has 0 bridgehead atoms. The minimum atomic E-state index is -0.290. The molecule has 29 heavy (non-hydrogen) atoms. The molecule has 0 fully saturated rings. The number of hydrogen-bond donors (Lipinski definition) is 1. The minimum Gasteiger partial charge on any atom is -0.372 e. The molecule has 0 aliphatic carbocycles. The number of benzene rings is 2. The summed E-state index contributed by atoms with van der Waals surface area (Å²) in [5.74, 6) is -0.489. The van der Waals surface area contributed by atoms with E-state index in [1.54, 1.807) is 28.1 Å². The molecule has 1 N–H and O–H groups in total. The second-order valence-electron chi connectivity index (χ2n) is 6.58. The van der Waals surface area contributed by atoms with E-state index in [4.69, 9.17) is 0 Å². The van der Waals surface area contributed by atoms with Crippen LogP contribution in [0.3, 0.4) is 0 Å². The molecule has 4 rings (SSSR count). The van der Waals surface area contributed by atoms with Crippen LogP contribution in [-0.2, 0) is 0 Å². The van der Waals surface area contributed by atoms with E-state index in [2.05, 4.69) is 29.0 Å². The predicted octanol–water partition coefficient (Wildman–Crippen LogP) is 5.30. The minimum absolute atomic E-state index is 0.199. The van der Waals surface area contributed by atoms with Crippen molar-refractivity contribution < 1.29 is 9.18 Å². The second-order valence-corrected chi connectivity index (χ2v) is 7.42. The third-order valence-corrected chi connectivity index (χ3v) is 5.68. The van der Waals surface area contributed by atoms with E-state index >= 15 is 0 Å². The molecule has 0 atom stereocenters. The number of nitrogens with one attached hydrogen (secondary N) is 1. The molecule has 0 unspecified atom stereocenters. The van der Waals surface area contributed by atoms with Crippen molar-refractivity contribution in [1.29, 1.82) is 0 Å².